The summed E-state index contributed by atoms with van der Waals surface area (Å²) in [6, 6.07) is 0. The van der Waals surface area contributed by atoms with Crippen molar-refractivity contribution in [1.82, 2.24) is 5.32 Å². The van der Waals surface area contributed by atoms with Crippen LogP contribution in [0, 0.1) is 0 Å². The Morgan fingerprint density at radius 3 is 2.67 bits per heavy atom. The van der Waals surface area contributed by atoms with Crippen LogP contribution in [0.3, 0.4) is 0 Å². The van der Waals surface area contributed by atoms with Gasteiger partial charge < -0.3 is 11.1 Å². The summed E-state index contributed by atoms with van der Waals surface area (Å²) in [7, 11) is 0. The maximum absolute atomic E-state index is 5.59. The van der Waals surface area contributed by atoms with Crippen molar-refractivity contribution in [3.05, 3.63) is 9.93 Å². The summed E-state index contributed by atoms with van der Waals surface area (Å²) >= 11 is 3.43. The Morgan fingerprint density at radius 2 is 2.44 bits per heavy atom. The van der Waals surface area contributed by atoms with Gasteiger partial charge in [-0.1, -0.05) is 11.8 Å². The van der Waals surface area contributed by atoms with Crippen LogP contribution >= 0.6 is 23.5 Å². The van der Waals surface area contributed by atoms with E-state index >= 15 is 0 Å². The first-order valence-corrected chi connectivity index (χ1v) is 4.78. The van der Waals surface area contributed by atoms with Crippen molar-refractivity contribution in [1.29, 1.82) is 0 Å². The van der Waals surface area contributed by atoms with Crippen molar-refractivity contribution in [3.8, 4) is 0 Å². The van der Waals surface area contributed by atoms with E-state index in [4.69, 9.17) is 5.73 Å². The van der Waals surface area contributed by atoms with Crippen molar-refractivity contribution in [3.63, 3.8) is 0 Å². The molecule has 1 unspecified atom stereocenters. The largest absolute Gasteiger partial charge is 0.363 e. The zero-order chi connectivity index (χ0) is 6.85. The van der Waals surface area contributed by atoms with Gasteiger partial charge in [-0.15, -0.1) is 11.8 Å². The van der Waals surface area contributed by atoms with E-state index in [0.717, 1.165) is 0 Å². The molecule has 1 atom stereocenters. The summed E-state index contributed by atoms with van der Waals surface area (Å²) in [5, 5.41) is 3.12. The lowest BCUT2D eigenvalue weighted by molar-refractivity contribution is 0.791. The second kappa shape index (κ2) is 2.86. The minimum atomic E-state index is 0.0763. The fourth-order valence-corrected chi connectivity index (χ4v) is 2.47. The summed E-state index contributed by atoms with van der Waals surface area (Å²) in [5.74, 6) is 0. The Kier molecular flexibility index (Phi) is 2.32. The number of allylic oxidation sites excluding steroid dienone is 1. The van der Waals surface area contributed by atoms with Gasteiger partial charge in [-0.3, -0.25) is 0 Å². The van der Waals surface area contributed by atoms with Gasteiger partial charge >= 0.3 is 0 Å². The fraction of sp³-hybridized carbons (Fsp3) is 0.600. The average Bonchev–Trinajstić information content (AvgIpc) is 2.10. The van der Waals surface area contributed by atoms with Crippen molar-refractivity contribution >= 4 is 23.5 Å². The molecule has 1 aliphatic heterocycles. The van der Waals surface area contributed by atoms with Crippen LogP contribution in [0.1, 0.15) is 6.92 Å². The van der Waals surface area contributed by atoms with E-state index < -0.39 is 0 Å². The topological polar surface area (TPSA) is 38.0 Å². The minimum Gasteiger partial charge on any atom is -0.363 e. The molecule has 0 aromatic rings. The first kappa shape index (κ1) is 7.31. The zero-order valence-electron chi connectivity index (χ0n) is 5.47. The average molecular weight is 162 g/mol. The maximum atomic E-state index is 5.59. The Morgan fingerprint density at radius 1 is 1.78 bits per heavy atom. The second-order valence-electron chi connectivity index (χ2n) is 1.80. The molecular weight excluding hydrogens is 152 g/mol. The number of rotatable bonds is 1. The molecule has 0 amide bonds. The molecule has 2 nitrogen and oxygen atoms in total. The van der Waals surface area contributed by atoms with E-state index in [1.807, 2.05) is 6.92 Å². The van der Waals surface area contributed by atoms with Gasteiger partial charge in [-0.05, 0) is 13.2 Å². The van der Waals surface area contributed by atoms with E-state index in [-0.39, 0.29) is 5.50 Å². The predicted octanol–water partition coefficient (Wildman–Crippen LogP) is 1.12. The highest BCUT2D eigenvalue weighted by Gasteiger charge is 2.16. The number of nitrogens with one attached hydrogen (secondary N) is 1. The lowest BCUT2D eigenvalue weighted by Gasteiger charge is -2.00. The minimum absolute atomic E-state index is 0.0763. The Labute approximate surface area is 63.6 Å². The van der Waals surface area contributed by atoms with Crippen molar-refractivity contribution in [2.45, 2.75) is 12.4 Å². The smallest absolute Gasteiger partial charge is 0.128 e. The first-order valence-electron chi connectivity index (χ1n) is 2.67. The lowest BCUT2D eigenvalue weighted by Crippen LogP contribution is -2.28. The van der Waals surface area contributed by atoms with Crippen LogP contribution < -0.4 is 11.1 Å². The predicted molar refractivity (Wildman–Crippen MR) is 44.9 cm³/mol. The van der Waals surface area contributed by atoms with Crippen molar-refractivity contribution in [2.24, 2.45) is 5.73 Å². The third-order valence-electron chi connectivity index (χ3n) is 1.08. The molecule has 3 N–H and O–H groups in total. The number of thioether (sulfide) groups is 2. The second-order valence-corrected chi connectivity index (χ2v) is 4.03. The lowest BCUT2D eigenvalue weighted by atomic mass is 10.6. The van der Waals surface area contributed by atoms with E-state index in [0.29, 0.717) is 0 Å². The highest BCUT2D eigenvalue weighted by Crippen LogP contribution is 2.34. The first-order chi connectivity index (χ1) is 4.24. The summed E-state index contributed by atoms with van der Waals surface area (Å²) in [6.45, 7) is 2.05. The third-order valence-corrected chi connectivity index (χ3v) is 3.44. The summed E-state index contributed by atoms with van der Waals surface area (Å²) in [6.07, 6.45) is 2.06. The molecule has 1 aliphatic rings. The van der Waals surface area contributed by atoms with Crippen molar-refractivity contribution < 1.29 is 0 Å². The Balaban J connectivity index is 2.58. The highest BCUT2D eigenvalue weighted by atomic mass is 32.2. The third kappa shape index (κ3) is 1.56. The molecule has 0 saturated heterocycles. The van der Waals surface area contributed by atoms with Gasteiger partial charge in [0.15, 0.2) is 0 Å². The SMILES string of the molecule is CSC1=C(C)NC(N)S1. The van der Waals surface area contributed by atoms with Crippen LogP contribution in [0.4, 0.5) is 0 Å². The molecule has 0 aromatic heterocycles. The van der Waals surface area contributed by atoms with Gasteiger partial charge in [0, 0.05) is 5.70 Å². The normalized spacial score (nSPS) is 26.8. The molecule has 52 valence electrons. The molecule has 0 spiro atoms. The molecule has 0 radical (unpaired) electrons. The van der Waals surface area contributed by atoms with Crippen LogP contribution in [0.25, 0.3) is 0 Å². The van der Waals surface area contributed by atoms with Gasteiger partial charge in [0.2, 0.25) is 0 Å². The van der Waals surface area contributed by atoms with Crippen molar-refractivity contribution in [2.75, 3.05) is 6.26 Å². The van der Waals surface area contributed by atoms with E-state index in [2.05, 4.69) is 11.6 Å². The van der Waals surface area contributed by atoms with E-state index in [1.165, 1.54) is 9.93 Å². The van der Waals surface area contributed by atoms with Crippen LogP contribution in [-0.4, -0.2) is 11.8 Å². The molecule has 0 bridgehead atoms. The number of hydrogen-bond acceptors (Lipinski definition) is 4. The Hall–Kier alpha value is 0.200. The molecule has 9 heavy (non-hydrogen) atoms. The summed E-state index contributed by atoms with van der Waals surface area (Å²) < 4.78 is 1.31. The number of nitrogens with two attached hydrogens (primary N) is 1. The van der Waals surface area contributed by atoms with Gasteiger partial charge in [0.05, 0.1) is 4.24 Å². The molecule has 0 saturated carbocycles. The van der Waals surface area contributed by atoms with E-state index in [1.54, 1.807) is 23.5 Å². The van der Waals surface area contributed by atoms with Gasteiger partial charge in [0.1, 0.15) is 5.50 Å². The molecular formula is C5H10N2S2. The number of hydrogen-bond donors (Lipinski definition) is 2. The van der Waals surface area contributed by atoms with Crippen LogP contribution in [0.2, 0.25) is 0 Å². The zero-order valence-corrected chi connectivity index (χ0v) is 7.10. The standard InChI is InChI=1S/C5H10N2S2/c1-3-4(8-2)9-5(6)7-3/h5,7H,6H2,1-2H3. The quantitative estimate of drug-likeness (QED) is 0.606. The molecule has 0 aliphatic carbocycles. The fourth-order valence-electron chi connectivity index (χ4n) is 0.707. The Bertz CT molecular complexity index is 144. The van der Waals surface area contributed by atoms with Crippen LogP contribution in [0.5, 0.6) is 0 Å². The monoisotopic (exact) mass is 162 g/mol. The van der Waals surface area contributed by atoms with Gasteiger partial charge in [0.25, 0.3) is 0 Å². The molecule has 1 heterocycles. The summed E-state index contributed by atoms with van der Waals surface area (Å²) in [4.78, 5) is 0. The summed E-state index contributed by atoms with van der Waals surface area (Å²) in [5.41, 5.74) is 6.87. The van der Waals surface area contributed by atoms with Crippen LogP contribution in [-0.2, 0) is 0 Å². The maximum Gasteiger partial charge on any atom is 0.128 e. The highest BCUT2D eigenvalue weighted by molar-refractivity contribution is 8.22. The van der Waals surface area contributed by atoms with E-state index in [9.17, 15) is 0 Å². The van der Waals surface area contributed by atoms with Crippen LogP contribution in [0.15, 0.2) is 9.93 Å². The molecule has 0 fully saturated rings. The van der Waals surface area contributed by atoms with Gasteiger partial charge in [-0.25, -0.2) is 0 Å². The van der Waals surface area contributed by atoms with Gasteiger partial charge in [-0.2, -0.15) is 0 Å². The molecule has 1 rings (SSSR count). The molecule has 0 aromatic carbocycles. The molecule has 4 heteroatoms.